The molecule has 8 nitrogen and oxygen atoms in total. The zero-order chi connectivity index (χ0) is 21.0. The maximum atomic E-state index is 12.1. The molecule has 0 aliphatic carbocycles. The lowest BCUT2D eigenvalue weighted by atomic mass is 10.1. The Kier molecular flexibility index (Phi) is 6.03. The number of aromatic nitrogens is 2. The van der Waals surface area contributed by atoms with Crippen LogP contribution in [0.4, 0.5) is 14.6 Å². The van der Waals surface area contributed by atoms with E-state index in [4.69, 9.17) is 16.0 Å². The van der Waals surface area contributed by atoms with Gasteiger partial charge < -0.3 is 19.3 Å². The van der Waals surface area contributed by atoms with Crippen molar-refractivity contribution < 1.29 is 27.7 Å². The topological polar surface area (TPSA) is 100 Å². The summed E-state index contributed by atoms with van der Waals surface area (Å²) in [5.41, 5.74) is 0.285. The fraction of sp³-hybridized carbons (Fsp3) is 0.111. The second-order valence-electron chi connectivity index (χ2n) is 5.66. The maximum absolute atomic E-state index is 12.1. The van der Waals surface area contributed by atoms with E-state index in [0.29, 0.717) is 11.5 Å². The van der Waals surface area contributed by atoms with Crippen LogP contribution in [0.2, 0.25) is 5.02 Å². The minimum atomic E-state index is -2.94. The van der Waals surface area contributed by atoms with E-state index in [-0.39, 0.29) is 28.7 Å². The van der Waals surface area contributed by atoms with Crippen LogP contribution >= 0.6 is 11.6 Å². The fourth-order valence-corrected chi connectivity index (χ4v) is 2.59. The van der Waals surface area contributed by atoms with Crippen LogP contribution < -0.4 is 4.74 Å². The lowest BCUT2D eigenvalue weighted by Gasteiger charge is -2.04. The third-order valence-corrected chi connectivity index (χ3v) is 3.90. The van der Waals surface area contributed by atoms with Crippen LogP contribution in [0.5, 0.6) is 5.75 Å². The van der Waals surface area contributed by atoms with Crippen molar-refractivity contribution in [1.82, 2.24) is 9.78 Å². The lowest BCUT2D eigenvalue weighted by Crippen LogP contribution is -2.02. The molecule has 0 N–H and O–H groups in total. The molecule has 0 fully saturated rings. The van der Waals surface area contributed by atoms with Crippen molar-refractivity contribution in [3.63, 3.8) is 0 Å². The SMILES string of the molecule is O=C(/C=C/c1ccc(Cn2cc(Cl)c([N+](=O)[O-])n2)o1)c1ccc(OC(F)F)cc1. The van der Waals surface area contributed by atoms with Gasteiger partial charge in [-0.2, -0.15) is 13.5 Å². The first-order valence-corrected chi connectivity index (χ1v) is 8.43. The summed E-state index contributed by atoms with van der Waals surface area (Å²) in [4.78, 5) is 22.2. The normalized spacial score (nSPS) is 11.3. The zero-order valence-electron chi connectivity index (χ0n) is 14.5. The van der Waals surface area contributed by atoms with E-state index in [1.165, 1.54) is 47.3 Å². The van der Waals surface area contributed by atoms with Gasteiger partial charge >= 0.3 is 12.4 Å². The molecule has 0 aliphatic rings. The van der Waals surface area contributed by atoms with Gasteiger partial charge in [-0.25, -0.2) is 0 Å². The van der Waals surface area contributed by atoms with E-state index in [1.54, 1.807) is 12.1 Å². The molecule has 0 bridgehead atoms. The maximum Gasteiger partial charge on any atom is 0.408 e. The fourth-order valence-electron chi connectivity index (χ4n) is 2.37. The van der Waals surface area contributed by atoms with Crippen molar-refractivity contribution >= 4 is 29.3 Å². The molecule has 2 aromatic heterocycles. The Hall–Kier alpha value is -3.53. The first kappa shape index (κ1) is 20.2. The molecule has 2 heterocycles. The number of ether oxygens (including phenoxy) is 1. The standard InChI is InChI=1S/C18H12ClF2N3O5/c19-15-10-23(22-17(15)24(26)27)9-14-6-5-12(28-14)7-8-16(25)11-1-3-13(4-2-11)29-18(20)21/h1-8,10,18H,9H2/b8-7+. The van der Waals surface area contributed by atoms with Crippen molar-refractivity contribution in [2.45, 2.75) is 13.2 Å². The first-order valence-electron chi connectivity index (χ1n) is 8.05. The van der Waals surface area contributed by atoms with Gasteiger partial charge in [0.25, 0.3) is 0 Å². The number of furan rings is 1. The number of alkyl halides is 2. The smallest absolute Gasteiger partial charge is 0.408 e. The van der Waals surface area contributed by atoms with Crippen LogP contribution in [0, 0.1) is 10.1 Å². The third-order valence-electron chi connectivity index (χ3n) is 3.64. The Morgan fingerprint density at radius 1 is 1.31 bits per heavy atom. The van der Waals surface area contributed by atoms with Crippen LogP contribution in [0.1, 0.15) is 21.9 Å². The number of allylic oxidation sites excluding steroid dienone is 1. The molecule has 0 atom stereocenters. The van der Waals surface area contributed by atoms with Crippen LogP contribution in [-0.2, 0) is 6.54 Å². The predicted octanol–water partition coefficient (Wildman–Crippen LogP) is 4.58. The number of hydrogen-bond donors (Lipinski definition) is 0. The van der Waals surface area contributed by atoms with Crippen molar-refractivity contribution in [2.75, 3.05) is 0 Å². The highest BCUT2D eigenvalue weighted by atomic mass is 35.5. The van der Waals surface area contributed by atoms with Crippen LogP contribution in [0.25, 0.3) is 6.08 Å². The quantitative estimate of drug-likeness (QED) is 0.227. The van der Waals surface area contributed by atoms with Crippen molar-refractivity contribution in [3.05, 3.63) is 80.9 Å². The van der Waals surface area contributed by atoms with Gasteiger partial charge in [0.05, 0.1) is 11.3 Å². The van der Waals surface area contributed by atoms with E-state index in [9.17, 15) is 23.7 Å². The molecular formula is C18H12ClF2N3O5. The number of carbonyl (C=O) groups excluding carboxylic acids is 1. The van der Waals surface area contributed by atoms with E-state index < -0.39 is 17.4 Å². The van der Waals surface area contributed by atoms with Crippen LogP contribution in [0.3, 0.4) is 0 Å². The molecule has 0 saturated carbocycles. The van der Waals surface area contributed by atoms with Crippen molar-refractivity contribution in [3.8, 4) is 5.75 Å². The van der Waals surface area contributed by atoms with Crippen molar-refractivity contribution in [2.24, 2.45) is 0 Å². The van der Waals surface area contributed by atoms with E-state index in [0.717, 1.165) is 0 Å². The Morgan fingerprint density at radius 3 is 2.66 bits per heavy atom. The summed E-state index contributed by atoms with van der Waals surface area (Å²) < 4.78 is 35.3. The second kappa shape index (κ2) is 8.65. The Labute approximate surface area is 167 Å². The molecular weight excluding hydrogens is 412 g/mol. The molecule has 3 rings (SSSR count). The van der Waals surface area contributed by atoms with Gasteiger partial charge in [0.1, 0.15) is 23.8 Å². The minimum Gasteiger partial charge on any atom is -0.460 e. The number of halogens is 3. The first-order chi connectivity index (χ1) is 13.8. The number of nitro groups is 1. The van der Waals surface area contributed by atoms with Gasteiger partial charge in [-0.15, -0.1) is 0 Å². The molecule has 0 unspecified atom stereocenters. The van der Waals surface area contributed by atoms with Gasteiger partial charge in [-0.05, 0) is 53.5 Å². The number of carbonyl (C=O) groups is 1. The summed E-state index contributed by atoms with van der Waals surface area (Å²) >= 11 is 5.74. The van der Waals surface area contributed by atoms with Gasteiger partial charge in [-0.1, -0.05) is 11.6 Å². The largest absolute Gasteiger partial charge is 0.460 e. The summed E-state index contributed by atoms with van der Waals surface area (Å²) in [6.45, 7) is -2.82. The molecule has 1 aromatic carbocycles. The average molecular weight is 424 g/mol. The monoisotopic (exact) mass is 423 g/mol. The number of ketones is 1. The van der Waals surface area contributed by atoms with Gasteiger partial charge in [0.2, 0.25) is 0 Å². The average Bonchev–Trinajstić information content (AvgIpc) is 3.26. The summed E-state index contributed by atoms with van der Waals surface area (Å²) in [5.74, 6) is -0.0384. The van der Waals surface area contributed by atoms with Crippen molar-refractivity contribution in [1.29, 1.82) is 0 Å². The molecule has 11 heteroatoms. The molecule has 0 spiro atoms. The van der Waals surface area contributed by atoms with E-state index in [2.05, 4.69) is 9.84 Å². The molecule has 29 heavy (non-hydrogen) atoms. The van der Waals surface area contributed by atoms with E-state index in [1.807, 2.05) is 0 Å². The summed E-state index contributed by atoms with van der Waals surface area (Å²) in [6.07, 6.45) is 4.01. The molecule has 0 amide bonds. The van der Waals surface area contributed by atoms with E-state index >= 15 is 0 Å². The summed E-state index contributed by atoms with van der Waals surface area (Å²) in [6, 6.07) is 8.51. The number of benzene rings is 1. The van der Waals surface area contributed by atoms with Gasteiger partial charge in [0.15, 0.2) is 10.8 Å². The number of hydrogen-bond acceptors (Lipinski definition) is 6. The zero-order valence-corrected chi connectivity index (χ0v) is 15.3. The lowest BCUT2D eigenvalue weighted by molar-refractivity contribution is -0.389. The Balaban J connectivity index is 1.63. The molecule has 0 radical (unpaired) electrons. The number of nitrogens with zero attached hydrogens (tertiary/aromatic N) is 3. The molecule has 0 saturated heterocycles. The third kappa shape index (κ3) is 5.26. The Bertz CT molecular complexity index is 1060. The highest BCUT2D eigenvalue weighted by molar-refractivity contribution is 6.32. The number of rotatable bonds is 8. The van der Waals surface area contributed by atoms with Crippen LogP contribution in [-0.4, -0.2) is 27.1 Å². The van der Waals surface area contributed by atoms with Gasteiger partial charge in [-0.3, -0.25) is 4.79 Å². The van der Waals surface area contributed by atoms with Gasteiger partial charge in [0, 0.05) is 5.56 Å². The molecule has 3 aromatic rings. The van der Waals surface area contributed by atoms with Crippen LogP contribution in [0.15, 0.2) is 53.1 Å². The highest BCUT2D eigenvalue weighted by Crippen LogP contribution is 2.22. The highest BCUT2D eigenvalue weighted by Gasteiger charge is 2.19. The predicted molar refractivity (Wildman–Crippen MR) is 98.1 cm³/mol. The Morgan fingerprint density at radius 2 is 2.03 bits per heavy atom. The molecule has 150 valence electrons. The summed E-state index contributed by atoms with van der Waals surface area (Å²) in [5, 5.41) is 14.4. The minimum absolute atomic E-state index is 0.0461. The second-order valence-corrected chi connectivity index (χ2v) is 6.07. The summed E-state index contributed by atoms with van der Waals surface area (Å²) in [7, 11) is 0. The molecule has 0 aliphatic heterocycles.